The third-order valence-electron chi connectivity index (χ3n) is 5.48. The summed E-state index contributed by atoms with van der Waals surface area (Å²) in [7, 11) is 0. The molecule has 190 valence electrons. The molecule has 1 unspecified atom stereocenters. The third-order valence-corrected chi connectivity index (χ3v) is 5.48. The number of hydrogen-bond donors (Lipinski definition) is 2. The number of carbonyl (C=O) groups is 2. The van der Waals surface area contributed by atoms with Crippen molar-refractivity contribution < 1.29 is 18.7 Å². The molecule has 1 atom stereocenters. The summed E-state index contributed by atoms with van der Waals surface area (Å²) < 4.78 is 20.3. The van der Waals surface area contributed by atoms with Gasteiger partial charge in [-0.05, 0) is 63.8 Å². The van der Waals surface area contributed by atoms with Crippen LogP contribution >= 0.6 is 0 Å². The van der Waals surface area contributed by atoms with Crippen molar-refractivity contribution in [2.45, 2.75) is 65.5 Å². The molecule has 1 aliphatic heterocycles. The molecule has 0 bridgehead atoms. The topological polar surface area (TPSA) is 126 Å². The largest absolute Gasteiger partial charge is 0.444 e. The number of amides is 2. The quantitative estimate of drug-likeness (QED) is 0.592. The summed E-state index contributed by atoms with van der Waals surface area (Å²) in [6, 6.07) is 7.54. The van der Waals surface area contributed by atoms with Crippen LogP contribution in [0, 0.1) is 23.1 Å². The van der Waals surface area contributed by atoms with E-state index in [1.807, 2.05) is 34.6 Å². The van der Waals surface area contributed by atoms with Crippen LogP contribution in [0.3, 0.4) is 0 Å². The molecular formula is C25H35FN6O3. The van der Waals surface area contributed by atoms with Gasteiger partial charge in [-0.15, -0.1) is 0 Å². The van der Waals surface area contributed by atoms with Crippen LogP contribution in [0.25, 0.3) is 0 Å². The lowest BCUT2D eigenvalue weighted by atomic mass is 9.88. The van der Waals surface area contributed by atoms with E-state index in [1.54, 1.807) is 9.58 Å². The van der Waals surface area contributed by atoms with E-state index in [0.29, 0.717) is 31.6 Å². The molecular weight excluding hydrogens is 451 g/mol. The molecule has 1 saturated heterocycles. The molecule has 1 aromatic carbocycles. The second-order valence-electron chi connectivity index (χ2n) is 9.10. The molecule has 1 aromatic heterocycles. The van der Waals surface area contributed by atoms with Gasteiger partial charge in [-0.2, -0.15) is 10.4 Å². The van der Waals surface area contributed by atoms with E-state index in [4.69, 9.17) is 10.5 Å². The lowest BCUT2D eigenvalue weighted by Gasteiger charge is -2.36. The summed E-state index contributed by atoms with van der Waals surface area (Å²) in [5.41, 5.74) is 5.70. The van der Waals surface area contributed by atoms with Crippen molar-refractivity contribution in [2.75, 3.05) is 18.4 Å². The van der Waals surface area contributed by atoms with E-state index in [2.05, 4.69) is 16.5 Å². The Morgan fingerprint density at radius 3 is 2.37 bits per heavy atom. The number of nitrogens with two attached hydrogens (primary N) is 1. The van der Waals surface area contributed by atoms with Gasteiger partial charge < -0.3 is 20.7 Å². The number of nitrogens with zero attached hydrogens (tertiary/aromatic N) is 4. The van der Waals surface area contributed by atoms with Gasteiger partial charge in [0.05, 0.1) is 18.5 Å². The zero-order valence-corrected chi connectivity index (χ0v) is 21.0. The zero-order valence-electron chi connectivity index (χ0n) is 21.0. The number of benzene rings is 1. The number of aromatic nitrogens is 2. The van der Waals surface area contributed by atoms with Crippen molar-refractivity contribution in [3.05, 3.63) is 41.8 Å². The Morgan fingerprint density at radius 1 is 1.26 bits per heavy atom. The first-order chi connectivity index (χ1) is 16.6. The Kier molecular flexibility index (Phi) is 9.63. The van der Waals surface area contributed by atoms with Crippen LogP contribution in [-0.2, 0) is 4.74 Å². The van der Waals surface area contributed by atoms with E-state index >= 15 is 0 Å². The number of hydrogen-bond acceptors (Lipinski definition) is 6. The summed E-state index contributed by atoms with van der Waals surface area (Å²) in [5, 5.41) is 16.9. The van der Waals surface area contributed by atoms with Crippen molar-refractivity contribution in [1.29, 1.82) is 5.26 Å². The van der Waals surface area contributed by atoms with Crippen LogP contribution in [0.2, 0.25) is 0 Å². The molecule has 9 nitrogen and oxygen atoms in total. The third kappa shape index (κ3) is 7.70. The van der Waals surface area contributed by atoms with E-state index in [0.717, 1.165) is 0 Å². The van der Waals surface area contributed by atoms with Crippen molar-refractivity contribution >= 4 is 23.5 Å². The van der Waals surface area contributed by atoms with E-state index < -0.39 is 11.5 Å². The number of anilines is 2. The smallest absolute Gasteiger partial charge is 0.410 e. The summed E-state index contributed by atoms with van der Waals surface area (Å²) in [6.07, 6.45) is 2.71. The molecule has 2 heterocycles. The average Bonchev–Trinajstić information content (AvgIpc) is 3.23. The van der Waals surface area contributed by atoms with Crippen LogP contribution in [-0.4, -0.2) is 45.4 Å². The number of nitriles is 1. The van der Waals surface area contributed by atoms with Gasteiger partial charge in [0, 0.05) is 25.0 Å². The highest BCUT2D eigenvalue weighted by Gasteiger charge is 2.32. The monoisotopic (exact) mass is 486 g/mol. The minimum atomic E-state index is -0.665. The molecule has 2 amide bonds. The van der Waals surface area contributed by atoms with Gasteiger partial charge in [0.15, 0.2) is 5.82 Å². The standard InChI is InChI=1S/C23H29FN6O3.C2H6/c1-23(2,3)33-22(32)29-12-9-15(10-13-29)19(8-11-25)30-14-18(20(26)31)21(28-30)27-17-6-4-16(24)5-7-17;1-2/h4-7,14-15,19H,8-10,12-13H2,1-3H3,(H2,26,31)(H,27,28);1-2H3. The number of likely N-dealkylation sites (tertiary alicyclic amines) is 1. The lowest BCUT2D eigenvalue weighted by molar-refractivity contribution is 0.0160. The van der Waals surface area contributed by atoms with Gasteiger partial charge in [-0.25, -0.2) is 9.18 Å². The van der Waals surface area contributed by atoms with Crippen LogP contribution in [0.1, 0.15) is 70.3 Å². The average molecular weight is 487 g/mol. The fraction of sp³-hybridized carbons (Fsp3) is 0.520. The Balaban J connectivity index is 0.00000210. The van der Waals surface area contributed by atoms with E-state index in [-0.39, 0.29) is 41.7 Å². The molecule has 3 N–H and O–H groups in total. The van der Waals surface area contributed by atoms with Crippen molar-refractivity contribution in [1.82, 2.24) is 14.7 Å². The zero-order chi connectivity index (χ0) is 26.2. The molecule has 10 heteroatoms. The van der Waals surface area contributed by atoms with Crippen molar-refractivity contribution in [3.8, 4) is 6.07 Å². The first-order valence-corrected chi connectivity index (χ1v) is 11.8. The summed E-state index contributed by atoms with van der Waals surface area (Å²) in [5.74, 6) is -0.736. The minimum Gasteiger partial charge on any atom is -0.444 e. The van der Waals surface area contributed by atoms with Gasteiger partial charge in [-0.3, -0.25) is 9.48 Å². The fourth-order valence-corrected chi connectivity index (χ4v) is 3.87. The summed E-state index contributed by atoms with van der Waals surface area (Å²) in [6.45, 7) is 10.5. The number of halogens is 1. The van der Waals surface area contributed by atoms with E-state index in [1.165, 1.54) is 30.5 Å². The van der Waals surface area contributed by atoms with Crippen molar-refractivity contribution in [3.63, 3.8) is 0 Å². The first-order valence-electron chi connectivity index (χ1n) is 11.8. The number of nitrogens with one attached hydrogen (secondary N) is 1. The van der Waals surface area contributed by atoms with Gasteiger partial charge in [0.25, 0.3) is 5.91 Å². The Labute approximate surface area is 206 Å². The Bertz CT molecular complexity index is 1030. The maximum absolute atomic E-state index is 13.2. The molecule has 1 aliphatic rings. The molecule has 35 heavy (non-hydrogen) atoms. The number of carbonyl (C=O) groups excluding carboxylic acids is 2. The Morgan fingerprint density at radius 2 is 1.86 bits per heavy atom. The Hall–Kier alpha value is -3.61. The van der Waals surface area contributed by atoms with Crippen molar-refractivity contribution in [2.24, 2.45) is 11.7 Å². The van der Waals surface area contributed by atoms with Gasteiger partial charge in [0.1, 0.15) is 17.0 Å². The SMILES string of the molecule is CC.CC(C)(C)OC(=O)N1CCC(C(CC#N)n2cc(C(N)=O)c(Nc3ccc(F)cc3)n2)CC1. The molecule has 0 radical (unpaired) electrons. The molecule has 3 rings (SSSR count). The van der Waals surface area contributed by atoms with Gasteiger partial charge in [-0.1, -0.05) is 13.8 Å². The number of rotatable bonds is 6. The highest BCUT2D eigenvalue weighted by molar-refractivity contribution is 5.98. The highest BCUT2D eigenvalue weighted by atomic mass is 19.1. The molecule has 1 fully saturated rings. The normalized spacial score (nSPS) is 14.8. The lowest BCUT2D eigenvalue weighted by Crippen LogP contribution is -2.43. The number of ether oxygens (including phenoxy) is 1. The second-order valence-corrected chi connectivity index (χ2v) is 9.10. The molecule has 0 spiro atoms. The van der Waals surface area contributed by atoms with Crippen LogP contribution in [0.15, 0.2) is 30.5 Å². The maximum atomic E-state index is 13.2. The summed E-state index contributed by atoms with van der Waals surface area (Å²) in [4.78, 5) is 26.0. The predicted octanol–water partition coefficient (Wildman–Crippen LogP) is 4.99. The highest BCUT2D eigenvalue weighted by Crippen LogP contribution is 2.33. The summed E-state index contributed by atoms with van der Waals surface area (Å²) >= 11 is 0. The van der Waals surface area contributed by atoms with E-state index in [9.17, 15) is 19.2 Å². The fourth-order valence-electron chi connectivity index (χ4n) is 3.87. The van der Waals surface area contributed by atoms with Gasteiger partial charge in [0.2, 0.25) is 0 Å². The predicted molar refractivity (Wildman–Crippen MR) is 132 cm³/mol. The van der Waals surface area contributed by atoms with Crippen LogP contribution in [0.4, 0.5) is 20.7 Å². The molecule has 2 aromatic rings. The minimum absolute atomic E-state index is 0.0719. The maximum Gasteiger partial charge on any atom is 0.410 e. The molecule has 0 saturated carbocycles. The number of primary amides is 1. The number of piperidine rings is 1. The van der Waals surface area contributed by atoms with Crippen LogP contribution in [0.5, 0.6) is 0 Å². The van der Waals surface area contributed by atoms with Crippen LogP contribution < -0.4 is 11.1 Å². The first kappa shape index (κ1) is 27.6. The van der Waals surface area contributed by atoms with Gasteiger partial charge >= 0.3 is 6.09 Å². The molecule has 0 aliphatic carbocycles. The second kappa shape index (κ2) is 12.2.